The number of anilines is 2. The molecular formula is C21H16ClFN2O3S. The zero-order chi connectivity index (χ0) is 20.8. The van der Waals surface area contributed by atoms with E-state index in [4.69, 9.17) is 11.6 Å². The van der Waals surface area contributed by atoms with Crippen LogP contribution in [0.25, 0.3) is 0 Å². The average Bonchev–Trinajstić information content (AvgIpc) is 2.69. The van der Waals surface area contributed by atoms with E-state index < -0.39 is 21.9 Å². The summed E-state index contributed by atoms with van der Waals surface area (Å²) < 4.78 is 40.7. The van der Waals surface area contributed by atoms with Crippen molar-refractivity contribution < 1.29 is 17.6 Å². The SMILES string of the molecule is Cc1ccc(Cl)cc1N1C(=O)N(Cc2ccc(F)cc2)c2ccccc2S1(=O)=O. The van der Waals surface area contributed by atoms with Crippen LogP contribution < -0.4 is 9.21 Å². The number of carbonyl (C=O) groups is 1. The predicted octanol–water partition coefficient (Wildman–Crippen LogP) is 5.12. The number of carbonyl (C=O) groups excluding carboxylic acids is 1. The summed E-state index contributed by atoms with van der Waals surface area (Å²) in [6.45, 7) is 1.79. The van der Waals surface area contributed by atoms with E-state index in [1.165, 1.54) is 29.2 Å². The van der Waals surface area contributed by atoms with E-state index in [1.54, 1.807) is 49.4 Å². The van der Waals surface area contributed by atoms with Gasteiger partial charge in [-0.1, -0.05) is 41.9 Å². The summed E-state index contributed by atoms with van der Waals surface area (Å²) in [4.78, 5) is 14.8. The van der Waals surface area contributed by atoms with Crippen LogP contribution in [0.3, 0.4) is 0 Å². The maximum Gasteiger partial charge on any atom is 0.343 e. The van der Waals surface area contributed by atoms with Gasteiger partial charge in [0.1, 0.15) is 10.7 Å². The number of fused-ring (bicyclic) bond motifs is 1. The summed E-state index contributed by atoms with van der Waals surface area (Å²) in [5.41, 5.74) is 1.72. The van der Waals surface area contributed by atoms with Crippen molar-refractivity contribution in [1.82, 2.24) is 0 Å². The average molecular weight is 431 g/mol. The number of rotatable bonds is 3. The quantitative estimate of drug-likeness (QED) is 0.579. The summed E-state index contributed by atoms with van der Waals surface area (Å²) in [7, 11) is -4.13. The number of urea groups is 1. The maximum absolute atomic E-state index is 13.4. The molecule has 1 heterocycles. The lowest BCUT2D eigenvalue weighted by Crippen LogP contribution is -2.51. The van der Waals surface area contributed by atoms with Gasteiger partial charge in [0.25, 0.3) is 10.0 Å². The molecule has 0 N–H and O–H groups in total. The molecule has 29 heavy (non-hydrogen) atoms. The molecule has 3 aromatic carbocycles. The lowest BCUT2D eigenvalue weighted by molar-refractivity contribution is 0.253. The van der Waals surface area contributed by atoms with E-state index in [2.05, 4.69) is 0 Å². The van der Waals surface area contributed by atoms with Crippen molar-refractivity contribution in [3.63, 3.8) is 0 Å². The highest BCUT2D eigenvalue weighted by Gasteiger charge is 2.43. The molecular weight excluding hydrogens is 415 g/mol. The number of hydrogen-bond acceptors (Lipinski definition) is 3. The number of nitrogens with zero attached hydrogens (tertiary/aromatic N) is 2. The molecule has 1 aliphatic heterocycles. The number of halogens is 2. The number of hydrogen-bond donors (Lipinski definition) is 0. The van der Waals surface area contributed by atoms with Crippen LogP contribution in [0.4, 0.5) is 20.6 Å². The highest BCUT2D eigenvalue weighted by Crippen LogP contribution is 2.39. The Balaban J connectivity index is 1.89. The van der Waals surface area contributed by atoms with Gasteiger partial charge in [0.2, 0.25) is 0 Å². The third kappa shape index (κ3) is 3.36. The molecule has 0 unspecified atom stereocenters. The number of sulfonamides is 1. The molecule has 0 bridgehead atoms. The molecule has 0 spiro atoms. The second kappa shape index (κ2) is 7.17. The van der Waals surface area contributed by atoms with Crippen LogP contribution in [0.15, 0.2) is 71.6 Å². The van der Waals surface area contributed by atoms with Gasteiger partial charge in [0.15, 0.2) is 0 Å². The van der Waals surface area contributed by atoms with Gasteiger partial charge >= 0.3 is 6.03 Å². The fourth-order valence-electron chi connectivity index (χ4n) is 3.27. The number of benzene rings is 3. The predicted molar refractivity (Wildman–Crippen MR) is 110 cm³/mol. The molecule has 3 aromatic rings. The summed E-state index contributed by atoms with van der Waals surface area (Å²) >= 11 is 6.08. The molecule has 2 amide bonds. The van der Waals surface area contributed by atoms with Crippen molar-refractivity contribution in [3.05, 3.63) is 88.7 Å². The lowest BCUT2D eigenvalue weighted by Gasteiger charge is -2.36. The third-order valence-electron chi connectivity index (χ3n) is 4.72. The number of para-hydroxylation sites is 1. The molecule has 0 saturated carbocycles. The monoisotopic (exact) mass is 430 g/mol. The molecule has 4 rings (SSSR count). The van der Waals surface area contributed by atoms with Crippen LogP contribution in [0.5, 0.6) is 0 Å². The van der Waals surface area contributed by atoms with Gasteiger partial charge in [0, 0.05) is 5.02 Å². The first kappa shape index (κ1) is 19.4. The Kier molecular flexibility index (Phi) is 4.80. The van der Waals surface area contributed by atoms with Crippen molar-refractivity contribution in [2.45, 2.75) is 18.4 Å². The second-order valence-corrected chi connectivity index (χ2v) is 8.85. The highest BCUT2D eigenvalue weighted by molar-refractivity contribution is 7.94. The van der Waals surface area contributed by atoms with E-state index >= 15 is 0 Å². The van der Waals surface area contributed by atoms with Gasteiger partial charge in [-0.3, -0.25) is 4.90 Å². The minimum atomic E-state index is -4.13. The van der Waals surface area contributed by atoms with E-state index in [9.17, 15) is 17.6 Å². The maximum atomic E-state index is 13.4. The highest BCUT2D eigenvalue weighted by atomic mass is 35.5. The fraction of sp³-hybridized carbons (Fsp3) is 0.0952. The zero-order valence-electron chi connectivity index (χ0n) is 15.3. The van der Waals surface area contributed by atoms with E-state index in [1.807, 2.05) is 0 Å². The smallest absolute Gasteiger partial charge is 0.287 e. The Hall–Kier alpha value is -2.90. The van der Waals surface area contributed by atoms with E-state index in [0.717, 1.165) is 4.31 Å². The van der Waals surface area contributed by atoms with Crippen LogP contribution in [0.1, 0.15) is 11.1 Å². The Labute approximate surface area is 173 Å². The van der Waals surface area contributed by atoms with Crippen LogP contribution in [0.2, 0.25) is 5.02 Å². The molecule has 0 aliphatic carbocycles. The van der Waals surface area contributed by atoms with Gasteiger partial charge in [-0.2, -0.15) is 4.31 Å². The Morgan fingerprint density at radius 1 is 0.966 bits per heavy atom. The molecule has 148 valence electrons. The zero-order valence-corrected chi connectivity index (χ0v) is 16.9. The number of amides is 2. The van der Waals surface area contributed by atoms with Gasteiger partial charge in [0.05, 0.1) is 17.9 Å². The standard InChI is InChI=1S/C21H16ClFN2O3S/c1-14-6-9-16(22)12-19(14)25-21(26)24(13-15-7-10-17(23)11-8-15)18-4-2-3-5-20(18)29(25,27)28/h2-12H,13H2,1H3. The largest absolute Gasteiger partial charge is 0.343 e. The van der Waals surface area contributed by atoms with Crippen molar-refractivity contribution in [2.24, 2.45) is 0 Å². The topological polar surface area (TPSA) is 57.7 Å². The summed E-state index contributed by atoms with van der Waals surface area (Å²) in [6.07, 6.45) is 0. The Morgan fingerprint density at radius 3 is 2.38 bits per heavy atom. The second-order valence-electron chi connectivity index (χ2n) is 6.66. The first-order chi connectivity index (χ1) is 13.8. The van der Waals surface area contributed by atoms with Gasteiger partial charge < -0.3 is 0 Å². The minimum absolute atomic E-state index is 0.0149. The van der Waals surface area contributed by atoms with Crippen molar-refractivity contribution in [2.75, 3.05) is 9.21 Å². The molecule has 0 saturated heterocycles. The van der Waals surface area contributed by atoms with E-state index in [0.29, 0.717) is 16.1 Å². The summed E-state index contributed by atoms with van der Waals surface area (Å²) in [5, 5.41) is 0.317. The molecule has 0 aromatic heterocycles. The summed E-state index contributed by atoms with van der Waals surface area (Å²) in [5.74, 6) is -0.391. The molecule has 5 nitrogen and oxygen atoms in total. The lowest BCUT2D eigenvalue weighted by atomic mass is 10.2. The van der Waals surface area contributed by atoms with Crippen LogP contribution in [-0.4, -0.2) is 14.4 Å². The van der Waals surface area contributed by atoms with Crippen LogP contribution in [-0.2, 0) is 16.6 Å². The molecule has 8 heteroatoms. The van der Waals surface area contributed by atoms with E-state index in [-0.39, 0.29) is 22.8 Å². The third-order valence-corrected chi connectivity index (χ3v) is 6.69. The molecule has 1 aliphatic rings. The minimum Gasteiger partial charge on any atom is -0.287 e. The van der Waals surface area contributed by atoms with Gasteiger partial charge in [-0.25, -0.2) is 17.6 Å². The van der Waals surface area contributed by atoms with Gasteiger partial charge in [-0.15, -0.1) is 0 Å². The number of aryl methyl sites for hydroxylation is 1. The molecule has 0 radical (unpaired) electrons. The summed E-state index contributed by atoms with van der Waals surface area (Å²) in [6, 6.07) is 16.0. The fourth-order valence-corrected chi connectivity index (χ4v) is 5.09. The molecule has 0 atom stereocenters. The van der Waals surface area contributed by atoms with Crippen LogP contribution in [0, 0.1) is 12.7 Å². The first-order valence-corrected chi connectivity index (χ1v) is 10.6. The Morgan fingerprint density at radius 2 is 1.66 bits per heavy atom. The van der Waals surface area contributed by atoms with Crippen LogP contribution >= 0.6 is 11.6 Å². The van der Waals surface area contributed by atoms with Crippen molar-refractivity contribution >= 4 is 39.0 Å². The Bertz CT molecular complexity index is 1210. The normalized spacial score (nSPS) is 15.3. The van der Waals surface area contributed by atoms with Crippen molar-refractivity contribution in [1.29, 1.82) is 0 Å². The molecule has 0 fully saturated rings. The first-order valence-electron chi connectivity index (χ1n) is 8.75. The van der Waals surface area contributed by atoms with Gasteiger partial charge in [-0.05, 0) is 54.4 Å². The van der Waals surface area contributed by atoms with Crippen molar-refractivity contribution in [3.8, 4) is 0 Å².